The molecule has 1 amide bonds. The fraction of sp³-hybridized carbons (Fsp3) is 0.318. The summed E-state index contributed by atoms with van der Waals surface area (Å²) < 4.78 is 28.9. The second-order valence-corrected chi connectivity index (χ2v) is 7.73. The van der Waals surface area contributed by atoms with E-state index in [1.807, 2.05) is 6.07 Å². The quantitative estimate of drug-likeness (QED) is 0.541. The largest absolute Gasteiger partial charge is 0.448 e. The molecule has 1 fully saturated rings. The molecule has 5 rings (SSSR count). The number of hydrogen-bond acceptors (Lipinski definition) is 7. The third-order valence-electron chi connectivity index (χ3n) is 5.52. The number of carbonyl (C=O) groups excluding carboxylic acids is 1. The van der Waals surface area contributed by atoms with E-state index in [0.717, 1.165) is 36.0 Å². The molecule has 1 N–H and O–H groups in total. The lowest BCUT2D eigenvalue weighted by Crippen LogP contribution is -2.29. The Balaban J connectivity index is 1.33. The first-order valence-corrected chi connectivity index (χ1v) is 10.0. The van der Waals surface area contributed by atoms with Gasteiger partial charge in [-0.1, -0.05) is 0 Å². The maximum Gasteiger partial charge on any atom is 0.278 e. The smallest absolute Gasteiger partial charge is 0.278 e. The zero-order chi connectivity index (χ0) is 23.9. The highest BCUT2D eigenvalue weighted by atomic mass is 16.3. The van der Waals surface area contributed by atoms with E-state index in [4.69, 9.17) is 8.53 Å². The molecule has 9 heteroatoms. The first-order valence-electron chi connectivity index (χ1n) is 11.5. The number of rotatable bonds is 4. The zero-order valence-electron chi connectivity index (χ0n) is 19.9. The molecule has 0 unspecified atom stereocenters. The van der Waals surface area contributed by atoms with E-state index < -0.39 is 12.9 Å². The first kappa shape index (κ1) is 16.1. The number of likely N-dealkylation sites (tertiary alicyclic amines) is 1. The van der Waals surface area contributed by atoms with E-state index in [2.05, 4.69) is 37.3 Å². The van der Waals surface area contributed by atoms with Gasteiger partial charge >= 0.3 is 0 Å². The van der Waals surface area contributed by atoms with Crippen molar-refractivity contribution in [3.8, 4) is 11.3 Å². The van der Waals surface area contributed by atoms with E-state index in [0.29, 0.717) is 28.5 Å². The summed E-state index contributed by atoms with van der Waals surface area (Å²) in [7, 11) is 2.09. The molecule has 31 heavy (non-hydrogen) atoms. The van der Waals surface area contributed by atoms with Crippen molar-refractivity contribution < 1.29 is 13.3 Å². The molecular formula is C22H23N7O2. The third kappa shape index (κ3) is 4.04. The third-order valence-corrected chi connectivity index (χ3v) is 5.52. The number of nitrogens with zero attached hydrogens (tertiary/aromatic N) is 6. The molecule has 0 spiro atoms. The van der Waals surface area contributed by atoms with Gasteiger partial charge in [0.05, 0.1) is 17.4 Å². The second-order valence-electron chi connectivity index (χ2n) is 7.73. The molecule has 0 bridgehead atoms. The Morgan fingerprint density at radius 2 is 2.13 bits per heavy atom. The number of carbonyl (C=O) groups is 1. The van der Waals surface area contributed by atoms with Gasteiger partial charge in [-0.15, -0.1) is 0 Å². The average Bonchev–Trinajstić information content (AvgIpc) is 3.49. The van der Waals surface area contributed by atoms with E-state index in [-0.39, 0.29) is 11.6 Å². The van der Waals surface area contributed by atoms with Crippen LogP contribution < -0.4 is 5.32 Å². The van der Waals surface area contributed by atoms with Crippen LogP contribution in [0.25, 0.3) is 22.2 Å². The predicted octanol–water partition coefficient (Wildman–Crippen LogP) is 3.08. The lowest BCUT2D eigenvalue weighted by atomic mass is 9.97. The summed E-state index contributed by atoms with van der Waals surface area (Å²) in [6.45, 7) is -0.409. The summed E-state index contributed by atoms with van der Waals surface area (Å²) in [4.78, 5) is 28.3. The highest BCUT2D eigenvalue weighted by Crippen LogP contribution is 2.27. The standard InChI is InChI=1S/C22H23N7O2/c1-28-7-5-14(6-8-28)22-26-19(13-31-22)21(30)27-20-9-18-15(10-23-20)3-4-17(25-18)16-11-24-29(2)12-16/h3-4,9-14H,5-8H2,1-2H3,(H,23,27,30)/i2D3. The van der Waals surface area contributed by atoms with Gasteiger partial charge < -0.3 is 14.6 Å². The number of anilines is 1. The van der Waals surface area contributed by atoms with Crippen molar-refractivity contribution in [2.75, 3.05) is 25.5 Å². The molecule has 1 aliphatic heterocycles. The number of fused-ring (bicyclic) bond motifs is 1. The van der Waals surface area contributed by atoms with Crippen LogP contribution in [0.15, 0.2) is 47.5 Å². The molecule has 1 aliphatic rings. The topological polar surface area (TPSA) is 102 Å². The Morgan fingerprint density at radius 3 is 2.94 bits per heavy atom. The fourth-order valence-electron chi connectivity index (χ4n) is 3.72. The van der Waals surface area contributed by atoms with Crippen molar-refractivity contribution >= 4 is 22.6 Å². The van der Waals surface area contributed by atoms with Crippen LogP contribution in [0.3, 0.4) is 0 Å². The van der Waals surface area contributed by atoms with Crippen LogP contribution in [0.4, 0.5) is 5.82 Å². The summed E-state index contributed by atoms with van der Waals surface area (Å²) in [6.07, 6.45) is 7.77. The summed E-state index contributed by atoms with van der Waals surface area (Å²) in [5, 5.41) is 7.42. The maximum absolute atomic E-state index is 12.7. The molecule has 0 aliphatic carbocycles. The van der Waals surface area contributed by atoms with Gasteiger partial charge in [-0.3, -0.25) is 9.48 Å². The van der Waals surface area contributed by atoms with Crippen LogP contribution in [0, 0.1) is 0 Å². The number of amides is 1. The SMILES string of the molecule is [2H]C([2H])([2H])n1cc(-c2ccc3cnc(NC(=O)c4coc(C5CCN(C)CC5)n4)cc3n2)cn1. The van der Waals surface area contributed by atoms with Crippen LogP contribution in [0.1, 0.15) is 39.3 Å². The Hall–Kier alpha value is -3.59. The average molecular weight is 420 g/mol. The molecule has 0 saturated carbocycles. The van der Waals surface area contributed by atoms with Crippen LogP contribution in [0.5, 0.6) is 0 Å². The lowest BCUT2D eigenvalue weighted by Gasteiger charge is -2.26. The second kappa shape index (κ2) is 7.92. The number of piperidine rings is 1. The lowest BCUT2D eigenvalue weighted by molar-refractivity contribution is 0.102. The van der Waals surface area contributed by atoms with E-state index in [1.165, 1.54) is 18.7 Å². The molecule has 1 saturated heterocycles. The number of aryl methyl sites for hydroxylation is 1. The van der Waals surface area contributed by atoms with Gasteiger partial charge in [0.2, 0.25) is 0 Å². The van der Waals surface area contributed by atoms with Gasteiger partial charge in [0.15, 0.2) is 11.6 Å². The van der Waals surface area contributed by atoms with E-state index >= 15 is 0 Å². The van der Waals surface area contributed by atoms with Crippen LogP contribution >= 0.6 is 0 Å². The Morgan fingerprint density at radius 1 is 1.26 bits per heavy atom. The molecule has 158 valence electrons. The number of hydrogen-bond donors (Lipinski definition) is 1. The zero-order valence-corrected chi connectivity index (χ0v) is 16.9. The minimum absolute atomic E-state index is 0.203. The maximum atomic E-state index is 12.7. The van der Waals surface area contributed by atoms with Crippen molar-refractivity contribution in [2.24, 2.45) is 6.98 Å². The van der Waals surface area contributed by atoms with Crippen molar-refractivity contribution in [1.29, 1.82) is 0 Å². The Bertz CT molecular complexity index is 1340. The van der Waals surface area contributed by atoms with Crippen molar-refractivity contribution in [3.63, 3.8) is 0 Å². The first-order chi connectivity index (χ1) is 16.3. The predicted molar refractivity (Wildman–Crippen MR) is 116 cm³/mol. The molecule has 4 aromatic rings. The highest BCUT2D eigenvalue weighted by molar-refractivity contribution is 6.02. The molecule has 9 nitrogen and oxygen atoms in total. The van der Waals surface area contributed by atoms with E-state index in [1.54, 1.807) is 18.3 Å². The van der Waals surface area contributed by atoms with Crippen molar-refractivity contribution in [1.82, 2.24) is 29.6 Å². The summed E-state index contributed by atoms with van der Waals surface area (Å²) in [5.41, 5.74) is 1.93. The van der Waals surface area contributed by atoms with Gasteiger partial charge in [-0.05, 0) is 45.1 Å². The van der Waals surface area contributed by atoms with Crippen LogP contribution in [-0.4, -0.2) is 55.7 Å². The Labute approximate surface area is 183 Å². The van der Waals surface area contributed by atoms with E-state index in [9.17, 15) is 4.79 Å². The Kier molecular flexibility index (Phi) is 4.12. The highest BCUT2D eigenvalue weighted by Gasteiger charge is 2.24. The monoisotopic (exact) mass is 420 g/mol. The number of nitrogens with one attached hydrogen (secondary N) is 1. The summed E-state index contributed by atoms with van der Waals surface area (Å²) in [5.74, 6) is 0.719. The number of aromatic nitrogens is 5. The molecule has 5 heterocycles. The van der Waals surface area contributed by atoms with Gasteiger partial charge in [-0.25, -0.2) is 15.0 Å². The van der Waals surface area contributed by atoms with Gasteiger partial charge in [-0.2, -0.15) is 5.10 Å². The van der Waals surface area contributed by atoms with Crippen LogP contribution in [0.2, 0.25) is 0 Å². The molecule has 0 aromatic carbocycles. The number of oxazole rings is 1. The minimum atomic E-state index is -2.36. The van der Waals surface area contributed by atoms with Gasteiger partial charge in [0.1, 0.15) is 12.1 Å². The minimum Gasteiger partial charge on any atom is -0.448 e. The van der Waals surface area contributed by atoms with Crippen molar-refractivity contribution in [3.05, 3.63) is 54.6 Å². The molecular weight excluding hydrogens is 394 g/mol. The number of pyridine rings is 2. The normalized spacial score (nSPS) is 17.3. The summed E-state index contributed by atoms with van der Waals surface area (Å²) in [6, 6.07) is 5.25. The molecule has 4 aromatic heterocycles. The molecule has 0 atom stereocenters. The molecule has 0 radical (unpaired) electrons. The fourth-order valence-corrected chi connectivity index (χ4v) is 3.72. The van der Waals surface area contributed by atoms with Gasteiger partial charge in [0.25, 0.3) is 5.91 Å². The van der Waals surface area contributed by atoms with Gasteiger partial charge in [0, 0.05) is 46.4 Å². The van der Waals surface area contributed by atoms with Crippen molar-refractivity contribution in [2.45, 2.75) is 18.8 Å². The van der Waals surface area contributed by atoms with Crippen LogP contribution in [-0.2, 0) is 6.98 Å². The summed E-state index contributed by atoms with van der Waals surface area (Å²) >= 11 is 0.